The van der Waals surface area contributed by atoms with Crippen LogP contribution < -0.4 is 0 Å². The van der Waals surface area contributed by atoms with Gasteiger partial charge in [0.1, 0.15) is 27.9 Å². The average molecular weight is 897 g/mol. The standard InChI is InChI=1S/C63H36N4O3/c1-3-15-37(16-4-1)50-33-41(34-51(38-17-5-2-6-18-38)58(50)67-52-23-11-7-19-42(52)48-31-32-49-45-22-10-14-26-55(45)70-60(49)59(48)67)63-65-61(39-27-29-46-43-20-8-12-24-53(43)68-56(46)35-39)64-62(66-63)40-28-30-47-44-21-9-13-25-54(44)69-57(47)36-40/h1-36H. The first kappa shape index (κ1) is 38.5. The molecule has 15 aromatic rings. The van der Waals surface area contributed by atoms with Gasteiger partial charge in [-0.2, -0.15) is 0 Å². The number of aromatic nitrogens is 4. The number of benzene rings is 10. The molecule has 0 saturated carbocycles. The lowest BCUT2D eigenvalue weighted by Gasteiger charge is -2.21. The summed E-state index contributed by atoms with van der Waals surface area (Å²) in [6.45, 7) is 0. The number of hydrogen-bond acceptors (Lipinski definition) is 6. The van der Waals surface area contributed by atoms with Gasteiger partial charge >= 0.3 is 0 Å². The van der Waals surface area contributed by atoms with Crippen LogP contribution in [0.3, 0.4) is 0 Å². The SMILES string of the molecule is c1ccc(-c2cc(-c3nc(-c4ccc5c(c4)oc4ccccc45)nc(-c4ccc5c(c4)oc4ccccc45)n3)cc(-c3ccccc3)c2-n2c3ccccc3c3ccc4c5ccccc5oc4c32)cc1. The Bertz CT molecular complexity index is 4410. The fourth-order valence-electron chi connectivity index (χ4n) is 10.6. The number of furan rings is 3. The molecule has 0 aliphatic rings. The number of para-hydroxylation sites is 4. The Hall–Kier alpha value is -9.59. The second kappa shape index (κ2) is 15.0. The van der Waals surface area contributed by atoms with Crippen LogP contribution in [0.15, 0.2) is 232 Å². The molecule has 5 heterocycles. The first-order valence-electron chi connectivity index (χ1n) is 23.4. The molecule has 15 rings (SSSR count). The van der Waals surface area contributed by atoms with Crippen molar-refractivity contribution >= 4 is 87.6 Å². The highest BCUT2D eigenvalue weighted by molar-refractivity contribution is 6.22. The third kappa shape index (κ3) is 5.85. The Morgan fingerprint density at radius 3 is 1.26 bits per heavy atom. The van der Waals surface area contributed by atoms with Crippen molar-refractivity contribution in [2.45, 2.75) is 0 Å². The van der Waals surface area contributed by atoms with Gasteiger partial charge in [0.2, 0.25) is 0 Å². The molecular weight excluding hydrogens is 861 g/mol. The zero-order valence-electron chi connectivity index (χ0n) is 37.3. The maximum absolute atomic E-state index is 6.88. The van der Waals surface area contributed by atoms with E-state index in [0.29, 0.717) is 17.5 Å². The van der Waals surface area contributed by atoms with Gasteiger partial charge in [0.25, 0.3) is 0 Å². The molecule has 0 aliphatic heterocycles. The maximum Gasteiger partial charge on any atom is 0.164 e. The van der Waals surface area contributed by atoms with Gasteiger partial charge in [-0.25, -0.2) is 15.0 Å². The summed E-state index contributed by atoms with van der Waals surface area (Å²) < 4.78 is 22.1. The predicted molar refractivity (Wildman–Crippen MR) is 283 cm³/mol. The third-order valence-electron chi connectivity index (χ3n) is 13.9. The molecule has 0 unspecified atom stereocenters. The lowest BCUT2D eigenvalue weighted by Crippen LogP contribution is -2.04. The molecular formula is C63H36N4O3. The predicted octanol–water partition coefficient (Wildman–Crippen LogP) is 17.0. The Kier molecular flexibility index (Phi) is 8.23. The van der Waals surface area contributed by atoms with Crippen molar-refractivity contribution in [2.75, 3.05) is 0 Å². The number of rotatable bonds is 6. The van der Waals surface area contributed by atoms with E-state index in [-0.39, 0.29) is 0 Å². The van der Waals surface area contributed by atoms with Crippen LogP contribution in [0.25, 0.3) is 150 Å². The minimum Gasteiger partial charge on any atom is -0.456 e. The molecule has 0 bridgehead atoms. The zero-order chi connectivity index (χ0) is 45.9. The molecule has 0 N–H and O–H groups in total. The number of nitrogens with zero attached hydrogens (tertiary/aromatic N) is 4. The first-order valence-corrected chi connectivity index (χ1v) is 23.4. The monoisotopic (exact) mass is 896 g/mol. The Morgan fingerprint density at radius 1 is 0.286 bits per heavy atom. The van der Waals surface area contributed by atoms with Crippen LogP contribution in [0.2, 0.25) is 0 Å². The average Bonchev–Trinajstić information content (AvgIpc) is 4.19. The minimum absolute atomic E-state index is 0.522. The van der Waals surface area contributed by atoms with Crippen molar-refractivity contribution in [1.82, 2.24) is 19.5 Å². The first-order chi connectivity index (χ1) is 34.7. The fourth-order valence-corrected chi connectivity index (χ4v) is 10.6. The highest BCUT2D eigenvalue weighted by Crippen LogP contribution is 2.47. The second-order valence-corrected chi connectivity index (χ2v) is 17.9. The van der Waals surface area contributed by atoms with Gasteiger partial charge in [0.05, 0.1) is 16.7 Å². The van der Waals surface area contributed by atoms with Crippen molar-refractivity contribution in [3.8, 4) is 62.1 Å². The van der Waals surface area contributed by atoms with Crippen molar-refractivity contribution in [2.24, 2.45) is 0 Å². The second-order valence-electron chi connectivity index (χ2n) is 17.9. The van der Waals surface area contributed by atoms with Gasteiger partial charge in [-0.3, -0.25) is 0 Å². The molecule has 326 valence electrons. The highest BCUT2D eigenvalue weighted by Gasteiger charge is 2.26. The zero-order valence-corrected chi connectivity index (χ0v) is 37.3. The Balaban J connectivity index is 1.03. The molecule has 5 aromatic heterocycles. The van der Waals surface area contributed by atoms with Gasteiger partial charge in [-0.05, 0) is 77.9 Å². The fraction of sp³-hybridized carbons (Fsp3) is 0. The van der Waals surface area contributed by atoms with Crippen molar-refractivity contribution in [3.63, 3.8) is 0 Å². The molecule has 0 aliphatic carbocycles. The Morgan fingerprint density at radius 2 is 0.700 bits per heavy atom. The summed E-state index contributed by atoms with van der Waals surface area (Å²) >= 11 is 0. The van der Waals surface area contributed by atoms with Crippen LogP contribution in [0, 0.1) is 0 Å². The van der Waals surface area contributed by atoms with Crippen molar-refractivity contribution in [3.05, 3.63) is 218 Å². The van der Waals surface area contributed by atoms with E-state index >= 15 is 0 Å². The third-order valence-corrected chi connectivity index (χ3v) is 13.9. The summed E-state index contributed by atoms with van der Waals surface area (Å²) in [4.78, 5) is 16.0. The molecule has 0 fully saturated rings. The lowest BCUT2D eigenvalue weighted by atomic mass is 9.92. The van der Waals surface area contributed by atoms with Gasteiger partial charge in [0, 0.05) is 70.9 Å². The van der Waals surface area contributed by atoms with Gasteiger partial charge in [0.15, 0.2) is 23.1 Å². The topological polar surface area (TPSA) is 83.0 Å². The quantitative estimate of drug-likeness (QED) is 0.165. The summed E-state index contributed by atoms with van der Waals surface area (Å²) in [5.41, 5.74) is 14.5. The molecule has 0 spiro atoms. The summed E-state index contributed by atoms with van der Waals surface area (Å²) in [6.07, 6.45) is 0. The van der Waals surface area contributed by atoms with E-state index < -0.39 is 0 Å². The lowest BCUT2D eigenvalue weighted by molar-refractivity contribution is 0.668. The highest BCUT2D eigenvalue weighted by atomic mass is 16.3. The van der Waals surface area contributed by atoms with Gasteiger partial charge < -0.3 is 17.8 Å². The van der Waals surface area contributed by atoms with Crippen LogP contribution in [0.4, 0.5) is 0 Å². The molecule has 70 heavy (non-hydrogen) atoms. The van der Waals surface area contributed by atoms with E-state index in [1.54, 1.807) is 0 Å². The van der Waals surface area contributed by atoms with Gasteiger partial charge in [-0.15, -0.1) is 0 Å². The molecule has 7 nitrogen and oxygen atoms in total. The summed E-state index contributed by atoms with van der Waals surface area (Å²) in [7, 11) is 0. The summed E-state index contributed by atoms with van der Waals surface area (Å²) in [5.74, 6) is 1.57. The molecule has 0 radical (unpaired) electrons. The molecule has 0 amide bonds. The van der Waals surface area contributed by atoms with E-state index in [1.165, 1.54) is 0 Å². The van der Waals surface area contributed by atoms with Crippen LogP contribution in [0.5, 0.6) is 0 Å². The maximum atomic E-state index is 6.88. The largest absolute Gasteiger partial charge is 0.456 e. The van der Waals surface area contributed by atoms with Crippen LogP contribution in [0.1, 0.15) is 0 Å². The van der Waals surface area contributed by atoms with E-state index in [1.807, 2.05) is 54.6 Å². The van der Waals surface area contributed by atoms with Crippen LogP contribution in [-0.2, 0) is 0 Å². The smallest absolute Gasteiger partial charge is 0.164 e. The molecule has 0 saturated heterocycles. The molecule has 0 atom stereocenters. The van der Waals surface area contributed by atoms with E-state index in [9.17, 15) is 0 Å². The Labute approximate surface area is 399 Å². The van der Waals surface area contributed by atoms with E-state index in [4.69, 9.17) is 28.2 Å². The molecule has 10 aromatic carbocycles. The summed E-state index contributed by atoms with van der Waals surface area (Å²) in [5, 5.41) is 8.58. The van der Waals surface area contributed by atoms with Gasteiger partial charge in [-0.1, -0.05) is 152 Å². The number of fused-ring (bicyclic) bond motifs is 13. The normalized spacial score (nSPS) is 12.0. The van der Waals surface area contributed by atoms with Crippen molar-refractivity contribution in [1.29, 1.82) is 0 Å². The van der Waals surface area contributed by atoms with Crippen molar-refractivity contribution < 1.29 is 13.3 Å². The van der Waals surface area contributed by atoms with E-state index in [0.717, 1.165) is 132 Å². The van der Waals surface area contributed by atoms with Crippen LogP contribution >= 0.6 is 0 Å². The summed E-state index contributed by atoms with van der Waals surface area (Å²) in [6, 6.07) is 75.7. The molecule has 7 heteroatoms. The van der Waals surface area contributed by atoms with Crippen LogP contribution in [-0.4, -0.2) is 19.5 Å². The van der Waals surface area contributed by atoms with E-state index in [2.05, 4.69) is 168 Å². The minimum atomic E-state index is 0.522. The number of hydrogen-bond donors (Lipinski definition) is 0.